The lowest BCUT2D eigenvalue weighted by atomic mass is 10.2. The Bertz CT molecular complexity index is 918. The monoisotopic (exact) mass is 377 g/mol. The van der Waals surface area contributed by atoms with Crippen molar-refractivity contribution >= 4 is 5.91 Å². The lowest BCUT2D eigenvalue weighted by Crippen LogP contribution is -2.32. The van der Waals surface area contributed by atoms with E-state index in [1.807, 2.05) is 59.5 Å². The van der Waals surface area contributed by atoms with Crippen LogP contribution in [-0.2, 0) is 17.8 Å². The highest BCUT2D eigenvalue weighted by Gasteiger charge is 2.32. The van der Waals surface area contributed by atoms with Gasteiger partial charge >= 0.3 is 0 Å². The number of amides is 1. The Hall–Kier alpha value is -3.15. The molecule has 0 saturated heterocycles. The van der Waals surface area contributed by atoms with Crippen molar-refractivity contribution in [3.8, 4) is 17.1 Å². The molecule has 1 saturated carbocycles. The average molecular weight is 377 g/mol. The maximum atomic E-state index is 12.8. The van der Waals surface area contributed by atoms with Crippen LogP contribution >= 0.6 is 0 Å². The lowest BCUT2D eigenvalue weighted by Gasteiger charge is -2.22. The van der Waals surface area contributed by atoms with Gasteiger partial charge in [-0.05, 0) is 30.5 Å². The molecule has 1 fully saturated rings. The summed E-state index contributed by atoms with van der Waals surface area (Å²) in [7, 11) is 1.65. The highest BCUT2D eigenvalue weighted by atomic mass is 16.5. The van der Waals surface area contributed by atoms with E-state index in [0.717, 1.165) is 29.7 Å². The number of ether oxygens (including phenoxy) is 1. The van der Waals surface area contributed by atoms with Gasteiger partial charge in [0.1, 0.15) is 5.75 Å². The summed E-state index contributed by atoms with van der Waals surface area (Å²) >= 11 is 0. The summed E-state index contributed by atoms with van der Waals surface area (Å²) in [5, 5.41) is 4.02. The number of aromatic nitrogens is 2. The van der Waals surface area contributed by atoms with E-state index in [9.17, 15) is 4.79 Å². The van der Waals surface area contributed by atoms with Gasteiger partial charge in [-0.15, -0.1) is 0 Å². The number of nitrogens with zero attached hydrogens (tertiary/aromatic N) is 3. The molecule has 6 heteroatoms. The van der Waals surface area contributed by atoms with Crippen LogP contribution in [0.4, 0.5) is 0 Å². The first-order valence-corrected chi connectivity index (χ1v) is 9.53. The average Bonchev–Trinajstić information content (AvgIpc) is 3.48. The third kappa shape index (κ3) is 4.39. The third-order valence-corrected chi connectivity index (χ3v) is 4.87. The molecule has 144 valence electrons. The fourth-order valence-electron chi connectivity index (χ4n) is 3.15. The molecule has 2 aromatic carbocycles. The van der Waals surface area contributed by atoms with Crippen molar-refractivity contribution in [3.05, 3.63) is 66.1 Å². The van der Waals surface area contributed by atoms with Crippen molar-refractivity contribution in [2.75, 3.05) is 7.11 Å². The normalized spacial score (nSPS) is 13.3. The Labute approximate surface area is 164 Å². The minimum absolute atomic E-state index is 0.123. The third-order valence-electron chi connectivity index (χ3n) is 4.87. The van der Waals surface area contributed by atoms with Gasteiger partial charge in [-0.2, -0.15) is 4.98 Å². The molecular weight excluding hydrogens is 354 g/mol. The zero-order valence-corrected chi connectivity index (χ0v) is 15.9. The fraction of sp³-hybridized carbons (Fsp3) is 0.318. The molecule has 0 radical (unpaired) electrons. The van der Waals surface area contributed by atoms with Gasteiger partial charge in [-0.25, -0.2) is 0 Å². The van der Waals surface area contributed by atoms with E-state index >= 15 is 0 Å². The topological polar surface area (TPSA) is 68.5 Å². The first-order chi connectivity index (χ1) is 13.7. The van der Waals surface area contributed by atoms with E-state index in [2.05, 4.69) is 10.1 Å². The summed E-state index contributed by atoms with van der Waals surface area (Å²) in [6.07, 6.45) is 2.95. The SMILES string of the molecule is COc1ccc(CN(C(=O)CCc2nc(-c3ccccc3)no2)C2CC2)cc1. The first kappa shape index (κ1) is 18.2. The van der Waals surface area contributed by atoms with Gasteiger partial charge in [-0.3, -0.25) is 4.79 Å². The molecule has 0 atom stereocenters. The van der Waals surface area contributed by atoms with Crippen LogP contribution in [0.5, 0.6) is 5.75 Å². The van der Waals surface area contributed by atoms with Crippen LogP contribution in [0.15, 0.2) is 59.1 Å². The van der Waals surface area contributed by atoms with Crippen molar-refractivity contribution < 1.29 is 14.1 Å². The molecule has 28 heavy (non-hydrogen) atoms. The molecule has 0 bridgehead atoms. The van der Waals surface area contributed by atoms with Crippen molar-refractivity contribution in [3.63, 3.8) is 0 Å². The predicted octanol–water partition coefficient (Wildman–Crippen LogP) is 3.87. The Morgan fingerprint density at radius 2 is 1.89 bits per heavy atom. The number of benzene rings is 2. The van der Waals surface area contributed by atoms with E-state index < -0.39 is 0 Å². The second kappa shape index (κ2) is 8.25. The van der Waals surface area contributed by atoms with Crippen LogP contribution in [0.2, 0.25) is 0 Å². The van der Waals surface area contributed by atoms with E-state index in [1.54, 1.807) is 7.11 Å². The molecule has 1 aromatic heterocycles. The van der Waals surface area contributed by atoms with E-state index in [4.69, 9.17) is 9.26 Å². The van der Waals surface area contributed by atoms with E-state index in [0.29, 0.717) is 37.1 Å². The molecule has 1 heterocycles. The summed E-state index contributed by atoms with van der Waals surface area (Å²) in [5.41, 5.74) is 2.01. The van der Waals surface area contributed by atoms with Crippen LogP contribution < -0.4 is 4.74 Å². The zero-order chi connectivity index (χ0) is 19.3. The molecule has 1 aliphatic carbocycles. The van der Waals surface area contributed by atoms with Gasteiger partial charge in [0.25, 0.3) is 0 Å². The highest BCUT2D eigenvalue weighted by Crippen LogP contribution is 2.29. The molecule has 0 N–H and O–H groups in total. The van der Waals surface area contributed by atoms with Gasteiger partial charge in [0.05, 0.1) is 7.11 Å². The number of carbonyl (C=O) groups excluding carboxylic acids is 1. The van der Waals surface area contributed by atoms with Crippen LogP contribution in [0, 0.1) is 0 Å². The molecule has 4 rings (SSSR count). The molecule has 0 unspecified atom stereocenters. The van der Waals surface area contributed by atoms with Crippen molar-refractivity contribution in [1.29, 1.82) is 0 Å². The van der Waals surface area contributed by atoms with Gasteiger partial charge in [-0.1, -0.05) is 47.6 Å². The molecule has 6 nitrogen and oxygen atoms in total. The molecule has 1 aliphatic rings. The Morgan fingerprint density at radius 1 is 1.14 bits per heavy atom. The number of rotatable bonds is 8. The predicted molar refractivity (Wildman–Crippen MR) is 105 cm³/mol. The van der Waals surface area contributed by atoms with Gasteiger partial charge in [0.15, 0.2) is 0 Å². The van der Waals surface area contributed by atoms with Crippen LogP contribution in [0.1, 0.15) is 30.7 Å². The summed E-state index contributed by atoms with van der Waals surface area (Å²) in [6.45, 7) is 0.618. The van der Waals surface area contributed by atoms with Crippen molar-refractivity contribution in [2.45, 2.75) is 38.3 Å². The minimum atomic E-state index is 0.123. The quantitative estimate of drug-likeness (QED) is 0.596. The van der Waals surface area contributed by atoms with Gasteiger partial charge < -0.3 is 14.2 Å². The zero-order valence-electron chi connectivity index (χ0n) is 15.9. The second-order valence-electron chi connectivity index (χ2n) is 6.98. The maximum Gasteiger partial charge on any atom is 0.227 e. The minimum Gasteiger partial charge on any atom is -0.497 e. The molecular formula is C22H23N3O3. The standard InChI is InChI=1S/C22H23N3O3/c1-27-19-11-7-16(8-12-19)15-25(18-9-10-18)21(26)14-13-20-23-22(24-28-20)17-5-3-2-4-6-17/h2-8,11-12,18H,9-10,13-15H2,1H3. The molecule has 1 amide bonds. The van der Waals surface area contributed by atoms with Gasteiger partial charge in [0.2, 0.25) is 17.6 Å². The van der Waals surface area contributed by atoms with Crippen LogP contribution in [0.3, 0.4) is 0 Å². The number of methoxy groups -OCH3 is 1. The Balaban J connectivity index is 1.36. The first-order valence-electron chi connectivity index (χ1n) is 9.53. The fourth-order valence-corrected chi connectivity index (χ4v) is 3.15. The van der Waals surface area contributed by atoms with E-state index in [1.165, 1.54) is 0 Å². The van der Waals surface area contributed by atoms with Crippen LogP contribution in [-0.4, -0.2) is 34.1 Å². The molecule has 0 spiro atoms. The maximum absolute atomic E-state index is 12.8. The van der Waals surface area contributed by atoms with Crippen molar-refractivity contribution in [1.82, 2.24) is 15.0 Å². The van der Waals surface area contributed by atoms with Crippen LogP contribution in [0.25, 0.3) is 11.4 Å². The summed E-state index contributed by atoms with van der Waals surface area (Å²) in [4.78, 5) is 19.2. The van der Waals surface area contributed by atoms with E-state index in [-0.39, 0.29) is 5.91 Å². The number of hydrogen-bond donors (Lipinski definition) is 0. The molecule has 3 aromatic rings. The Morgan fingerprint density at radius 3 is 2.57 bits per heavy atom. The number of aryl methyl sites for hydroxylation is 1. The summed E-state index contributed by atoms with van der Waals surface area (Å²) in [6, 6.07) is 17.9. The summed E-state index contributed by atoms with van der Waals surface area (Å²) in [5.74, 6) is 1.99. The van der Waals surface area contributed by atoms with Crippen molar-refractivity contribution in [2.24, 2.45) is 0 Å². The van der Waals surface area contributed by atoms with Gasteiger partial charge in [0, 0.05) is 31.0 Å². The smallest absolute Gasteiger partial charge is 0.227 e. The lowest BCUT2D eigenvalue weighted by molar-refractivity contribution is -0.132. The largest absolute Gasteiger partial charge is 0.497 e. The number of carbonyl (C=O) groups is 1. The Kier molecular flexibility index (Phi) is 5.37. The molecule has 0 aliphatic heterocycles. The second-order valence-corrected chi connectivity index (χ2v) is 6.98. The highest BCUT2D eigenvalue weighted by molar-refractivity contribution is 5.77. The number of hydrogen-bond acceptors (Lipinski definition) is 5. The summed E-state index contributed by atoms with van der Waals surface area (Å²) < 4.78 is 10.5.